The molecule has 0 aromatic carbocycles. The van der Waals surface area contributed by atoms with E-state index in [2.05, 4.69) is 67.8 Å². The second-order valence-corrected chi connectivity index (χ2v) is 19.4. The van der Waals surface area contributed by atoms with E-state index in [1.54, 1.807) is 80.3 Å². The molecule has 32 heteroatoms. The number of carbonyl (C=O) groups excluding carboxylic acids is 10. The third-order valence-corrected chi connectivity index (χ3v) is 12.8. The number of aromatic nitrogens is 12. The Morgan fingerprint density at radius 2 is 0.776 bits per heavy atom. The lowest BCUT2D eigenvalue weighted by molar-refractivity contribution is -0.117. The van der Waals surface area contributed by atoms with E-state index in [4.69, 9.17) is 4.74 Å². The second kappa shape index (κ2) is 25.6. The van der Waals surface area contributed by atoms with Crippen molar-refractivity contribution in [2.24, 2.45) is 56.4 Å². The molecule has 0 aliphatic rings. The van der Waals surface area contributed by atoms with Crippen LogP contribution in [0, 0.1) is 0 Å². The van der Waals surface area contributed by atoms with E-state index in [0.717, 1.165) is 0 Å². The number of hydrogen-bond donors (Lipinski definition) is 9. The molecule has 0 fully saturated rings. The fraction of sp³-hybridized carbons (Fsp3) is 0.283. The van der Waals surface area contributed by atoms with E-state index < -0.39 is 59.1 Å². The third-order valence-electron chi connectivity index (χ3n) is 12.8. The molecule has 0 radical (unpaired) electrons. The highest BCUT2D eigenvalue weighted by Crippen LogP contribution is 2.21. The summed E-state index contributed by atoms with van der Waals surface area (Å²) in [5, 5.41) is 24.2. The van der Waals surface area contributed by atoms with Crippen molar-refractivity contribution < 1.29 is 52.7 Å². The molecule has 8 heterocycles. The lowest BCUT2D eigenvalue weighted by Crippen LogP contribution is -2.29. The van der Waals surface area contributed by atoms with E-state index in [1.807, 2.05) is 0 Å². The Kier molecular flexibility index (Phi) is 18.0. The number of carbonyl (C=O) groups is 10. The van der Waals surface area contributed by atoms with Crippen LogP contribution in [0.3, 0.4) is 0 Å². The molecular weight excluding hydrogens is 1110 g/mol. The van der Waals surface area contributed by atoms with E-state index in [0.29, 0.717) is 11.4 Å². The van der Waals surface area contributed by atoms with Gasteiger partial charge < -0.3 is 89.1 Å². The van der Waals surface area contributed by atoms with E-state index in [-0.39, 0.29) is 114 Å². The number of anilines is 7. The van der Waals surface area contributed by atoms with Crippen LogP contribution in [-0.4, -0.2) is 135 Å². The second-order valence-electron chi connectivity index (χ2n) is 19.4. The lowest BCUT2D eigenvalue weighted by Gasteiger charge is -2.06. The monoisotopic (exact) mass is 1170 g/mol. The van der Waals surface area contributed by atoms with Crippen LogP contribution in [-0.2, 0) is 70.7 Å². The zero-order valence-electron chi connectivity index (χ0n) is 47.6. The quantitative estimate of drug-likeness (QED) is 0.0328. The minimum atomic E-state index is -0.640. The van der Waals surface area contributed by atoms with Gasteiger partial charge in [0, 0.05) is 138 Å². The third kappa shape index (κ3) is 14.4. The zero-order valence-corrected chi connectivity index (χ0v) is 47.6. The van der Waals surface area contributed by atoms with Crippen LogP contribution in [0.1, 0.15) is 111 Å². The summed E-state index contributed by atoms with van der Waals surface area (Å²) in [4.78, 5) is 146. The highest BCUT2D eigenvalue weighted by molar-refractivity contribution is 6.09. The lowest BCUT2D eigenvalue weighted by atomic mass is 10.3. The molecule has 8 aromatic rings. The van der Waals surface area contributed by atoms with Crippen molar-refractivity contribution in [3.63, 3.8) is 0 Å². The minimum absolute atomic E-state index is 0.00977. The Morgan fingerprint density at radius 3 is 1.22 bits per heavy atom. The summed E-state index contributed by atoms with van der Waals surface area (Å²) in [6.45, 7) is 1.91. The average molecular weight is 1170 g/mol. The first-order valence-corrected chi connectivity index (χ1v) is 26.1. The average Bonchev–Trinajstić information content (AvgIpc) is 4.51. The summed E-state index contributed by atoms with van der Waals surface area (Å²) in [5.41, 5.74) is 2.03. The van der Waals surface area contributed by atoms with Crippen molar-refractivity contribution in [1.82, 2.24) is 67.1 Å². The van der Waals surface area contributed by atoms with Gasteiger partial charge in [0.2, 0.25) is 29.3 Å². The van der Waals surface area contributed by atoms with Crippen molar-refractivity contribution >= 4 is 99.3 Å². The molecule has 85 heavy (non-hydrogen) atoms. The van der Waals surface area contributed by atoms with Gasteiger partial charge in [-0.05, 0) is 37.6 Å². The summed E-state index contributed by atoms with van der Waals surface area (Å²) in [7, 11) is 12.9. The first-order chi connectivity index (χ1) is 40.4. The first kappa shape index (κ1) is 59.8. The fourth-order valence-electron chi connectivity index (χ4n) is 8.67. The molecular formula is C53H61N21O11. The Morgan fingerprint density at radius 1 is 0.400 bits per heavy atom. The largest absolute Gasteiger partial charge is 0.460 e. The van der Waals surface area contributed by atoms with Crippen LogP contribution in [0.15, 0.2) is 80.0 Å². The van der Waals surface area contributed by atoms with Crippen LogP contribution >= 0.6 is 0 Å². The van der Waals surface area contributed by atoms with E-state index >= 15 is 0 Å². The number of nitrogens with one attached hydrogen (secondary N) is 9. The van der Waals surface area contributed by atoms with Gasteiger partial charge in [-0.25, -0.2) is 24.7 Å². The van der Waals surface area contributed by atoms with Gasteiger partial charge in [0.1, 0.15) is 22.8 Å². The first-order valence-electron chi connectivity index (χ1n) is 26.1. The van der Waals surface area contributed by atoms with Gasteiger partial charge in [0.05, 0.1) is 29.4 Å². The van der Waals surface area contributed by atoms with Crippen molar-refractivity contribution in [2.45, 2.75) is 26.2 Å². The number of rotatable bonds is 23. The number of imidazole rings is 4. The Balaban J connectivity index is 0.738. The number of amides is 9. The Bertz CT molecular complexity index is 3930. The Hall–Kier alpha value is -11.3. The molecule has 9 N–H and O–H groups in total. The zero-order chi connectivity index (χ0) is 61.4. The molecule has 0 bridgehead atoms. The highest BCUT2D eigenvalue weighted by Gasteiger charge is 2.24. The number of ether oxygens (including phenoxy) is 1. The fourth-order valence-corrected chi connectivity index (χ4v) is 8.67. The minimum Gasteiger partial charge on any atom is -0.460 e. The maximum atomic E-state index is 13.4. The normalized spacial score (nSPS) is 10.9. The van der Waals surface area contributed by atoms with Crippen LogP contribution in [0.5, 0.6) is 0 Å². The van der Waals surface area contributed by atoms with Crippen LogP contribution < -0.4 is 47.9 Å². The topological polar surface area (TPSA) is 379 Å². The molecule has 0 unspecified atom stereocenters. The summed E-state index contributed by atoms with van der Waals surface area (Å²) >= 11 is 0. The molecule has 32 nitrogen and oxygen atoms in total. The number of aryl methyl sites for hydroxylation is 8. The molecule has 8 rings (SSSR count). The van der Waals surface area contributed by atoms with Crippen LogP contribution in [0.2, 0.25) is 0 Å². The van der Waals surface area contributed by atoms with E-state index in [1.165, 1.54) is 99.6 Å². The number of hydrogen-bond acceptors (Lipinski definition) is 15. The molecule has 0 aliphatic heterocycles. The molecule has 9 amide bonds. The van der Waals surface area contributed by atoms with Gasteiger partial charge in [0.15, 0.2) is 23.3 Å². The van der Waals surface area contributed by atoms with Crippen molar-refractivity contribution in [3.05, 3.63) is 126 Å². The summed E-state index contributed by atoms with van der Waals surface area (Å²) in [6, 6.07) is 5.87. The molecule has 0 aliphatic carbocycles. The summed E-state index contributed by atoms with van der Waals surface area (Å²) in [6.07, 6.45) is 13.7. The molecule has 0 atom stereocenters. The summed E-state index contributed by atoms with van der Waals surface area (Å²) < 4.78 is 16.8. The maximum absolute atomic E-state index is 13.4. The molecule has 0 saturated heterocycles. The molecule has 8 aromatic heterocycles. The Labute approximate surface area is 483 Å². The van der Waals surface area contributed by atoms with Crippen LogP contribution in [0.25, 0.3) is 0 Å². The van der Waals surface area contributed by atoms with Gasteiger partial charge in [-0.1, -0.05) is 0 Å². The predicted molar refractivity (Wildman–Crippen MR) is 306 cm³/mol. The van der Waals surface area contributed by atoms with Crippen molar-refractivity contribution in [1.29, 1.82) is 0 Å². The van der Waals surface area contributed by atoms with Gasteiger partial charge >= 0.3 is 5.97 Å². The standard InChI is InChI=1S/C53H61N21O11/c1-10-85-53(84)45-65-39(28-74(45)9)66-49(80)36-20-29(22-71(36)6)57-48(79)35-21-32(25-70(35)5)60-52(83)43-63-37(26-72(43)7)61-40(75)12-11-14-55-46(77)33-19-31(24-68(33)3)59-51(82)44-64-38(27-73(44)8)62-41(76)13-15-56-47(78)34-18-30(23-69(34)4)58-50(81)42-54-16-17-67(42)2/h16-28H,10-15H2,1-9H3,(H,55,77)(H,56,78)(H,57,79)(H,58,81)(H,59,82)(H,60,83)(H,61,75)(H,62,76)(H,66,80). The maximum Gasteiger partial charge on any atom is 0.374 e. The van der Waals surface area contributed by atoms with Gasteiger partial charge in [-0.2, -0.15) is 0 Å². The smallest absolute Gasteiger partial charge is 0.374 e. The summed E-state index contributed by atoms with van der Waals surface area (Å²) in [5.74, 6) is -4.90. The van der Waals surface area contributed by atoms with Crippen LogP contribution in [0.4, 0.5) is 40.2 Å². The molecule has 444 valence electrons. The van der Waals surface area contributed by atoms with E-state index in [9.17, 15) is 47.9 Å². The van der Waals surface area contributed by atoms with Gasteiger partial charge in [-0.15, -0.1) is 0 Å². The van der Waals surface area contributed by atoms with Crippen molar-refractivity contribution in [2.75, 3.05) is 56.9 Å². The molecule has 0 spiro atoms. The van der Waals surface area contributed by atoms with Gasteiger partial charge in [-0.3, -0.25) is 43.2 Å². The number of nitrogens with zero attached hydrogens (tertiary/aromatic N) is 12. The van der Waals surface area contributed by atoms with Crippen molar-refractivity contribution in [3.8, 4) is 0 Å². The number of esters is 1. The van der Waals surface area contributed by atoms with Gasteiger partial charge in [0.25, 0.3) is 41.4 Å². The highest BCUT2D eigenvalue weighted by atomic mass is 16.5. The molecule has 0 saturated carbocycles. The predicted octanol–water partition coefficient (Wildman–Crippen LogP) is 2.32. The SMILES string of the molecule is CCOC(=O)c1nc(NC(=O)c2cc(NC(=O)c3cc(NC(=O)c4nc(NC(=O)CCCNC(=O)c5cc(NC(=O)c6nc(NC(=O)CCNC(=O)c7cc(NC(=O)c8nccn8C)cn7C)cn6C)cn5C)cn4C)cn3C)cn2C)cn1C.